The first kappa shape index (κ1) is 12.4. The molecular formula is C15H16N2OS. The lowest BCUT2D eigenvalue weighted by Crippen LogP contribution is -2.34. The fourth-order valence-electron chi connectivity index (χ4n) is 2.75. The third-order valence-corrected chi connectivity index (χ3v) is 4.75. The summed E-state index contributed by atoms with van der Waals surface area (Å²) >= 11 is 1.84. The lowest BCUT2D eigenvalue weighted by Gasteiger charge is -2.35. The molecule has 0 spiro atoms. The van der Waals surface area contributed by atoms with E-state index in [4.69, 9.17) is 0 Å². The Kier molecular flexibility index (Phi) is 3.11. The fourth-order valence-corrected chi connectivity index (χ4v) is 3.72. The van der Waals surface area contributed by atoms with Crippen LogP contribution >= 0.6 is 11.3 Å². The van der Waals surface area contributed by atoms with Gasteiger partial charge in [0.1, 0.15) is 5.82 Å². The Morgan fingerprint density at radius 1 is 1.53 bits per heavy atom. The van der Waals surface area contributed by atoms with E-state index in [9.17, 15) is 4.79 Å². The highest BCUT2D eigenvalue weighted by atomic mass is 32.1. The predicted molar refractivity (Wildman–Crippen MR) is 78.1 cm³/mol. The van der Waals surface area contributed by atoms with Crippen LogP contribution in [0.1, 0.15) is 39.3 Å². The number of aromatic nitrogens is 1. The van der Waals surface area contributed by atoms with E-state index in [1.807, 2.05) is 24.3 Å². The molecule has 4 heteroatoms. The molecular weight excluding hydrogens is 256 g/mol. The summed E-state index contributed by atoms with van der Waals surface area (Å²) < 4.78 is 0. The van der Waals surface area contributed by atoms with Gasteiger partial charge in [-0.2, -0.15) is 0 Å². The molecule has 1 aliphatic rings. The summed E-state index contributed by atoms with van der Waals surface area (Å²) in [7, 11) is 0. The van der Waals surface area contributed by atoms with Gasteiger partial charge in [0.25, 0.3) is 0 Å². The number of rotatable bonds is 2. The molecule has 1 aliphatic heterocycles. The van der Waals surface area contributed by atoms with Gasteiger partial charge in [0, 0.05) is 23.2 Å². The van der Waals surface area contributed by atoms with Crippen LogP contribution in [0.3, 0.4) is 0 Å². The van der Waals surface area contributed by atoms with Gasteiger partial charge in [0.2, 0.25) is 0 Å². The van der Waals surface area contributed by atoms with E-state index in [0.717, 1.165) is 30.6 Å². The molecule has 1 atom stereocenters. The predicted octanol–water partition coefficient (Wildman–Crippen LogP) is 3.39. The Balaban J connectivity index is 1.98. The second-order valence-corrected chi connectivity index (χ2v) is 5.95. The molecule has 0 bridgehead atoms. The second-order valence-electron chi connectivity index (χ2n) is 4.95. The third-order valence-electron chi connectivity index (χ3n) is 3.76. The van der Waals surface area contributed by atoms with Gasteiger partial charge < -0.3 is 4.90 Å². The van der Waals surface area contributed by atoms with Crippen molar-refractivity contribution in [3.63, 3.8) is 0 Å². The van der Waals surface area contributed by atoms with Crippen molar-refractivity contribution < 1.29 is 4.79 Å². The normalized spacial score (nSPS) is 18.2. The van der Waals surface area contributed by atoms with Crippen molar-refractivity contribution in [2.75, 3.05) is 11.4 Å². The van der Waals surface area contributed by atoms with Crippen LogP contribution in [0.25, 0.3) is 0 Å². The van der Waals surface area contributed by atoms with Crippen LogP contribution in [0.5, 0.6) is 0 Å². The zero-order valence-electron chi connectivity index (χ0n) is 11.1. The molecule has 0 saturated carbocycles. The fraction of sp³-hybridized carbons (Fsp3) is 0.333. The first-order chi connectivity index (χ1) is 9.20. The Labute approximate surface area is 116 Å². The molecule has 0 fully saturated rings. The van der Waals surface area contributed by atoms with Gasteiger partial charge in [-0.25, -0.2) is 4.98 Å². The molecule has 0 saturated heterocycles. The van der Waals surface area contributed by atoms with Gasteiger partial charge >= 0.3 is 0 Å². The van der Waals surface area contributed by atoms with Crippen molar-refractivity contribution in [2.45, 2.75) is 26.3 Å². The minimum Gasteiger partial charge on any atom is -0.349 e. The average molecular weight is 272 g/mol. The summed E-state index contributed by atoms with van der Waals surface area (Å²) in [6, 6.07) is 4.47. The number of hydrogen-bond acceptors (Lipinski definition) is 4. The molecule has 3 nitrogen and oxygen atoms in total. The largest absolute Gasteiger partial charge is 0.349 e. The van der Waals surface area contributed by atoms with E-state index >= 15 is 0 Å². The van der Waals surface area contributed by atoms with E-state index in [2.05, 4.69) is 28.3 Å². The van der Waals surface area contributed by atoms with Gasteiger partial charge in [0.05, 0.1) is 6.04 Å². The van der Waals surface area contributed by atoms with E-state index in [1.54, 1.807) is 6.20 Å². The minimum absolute atomic E-state index is 0.350. The van der Waals surface area contributed by atoms with Crippen molar-refractivity contribution in [3.8, 4) is 0 Å². The molecule has 3 rings (SSSR count). The van der Waals surface area contributed by atoms with Crippen molar-refractivity contribution in [1.82, 2.24) is 4.98 Å². The number of aryl methyl sites for hydroxylation is 1. The number of fused-ring (bicyclic) bond motifs is 1. The number of pyridine rings is 1. The van der Waals surface area contributed by atoms with Crippen LogP contribution in [-0.4, -0.2) is 17.8 Å². The van der Waals surface area contributed by atoms with Gasteiger partial charge in [-0.1, -0.05) is 0 Å². The van der Waals surface area contributed by atoms with Crippen molar-refractivity contribution in [3.05, 3.63) is 45.3 Å². The van der Waals surface area contributed by atoms with E-state index < -0.39 is 0 Å². The molecule has 0 aromatic carbocycles. The topological polar surface area (TPSA) is 33.2 Å². The molecule has 19 heavy (non-hydrogen) atoms. The van der Waals surface area contributed by atoms with Crippen LogP contribution in [-0.2, 0) is 6.42 Å². The highest BCUT2D eigenvalue weighted by Crippen LogP contribution is 2.36. The van der Waals surface area contributed by atoms with Crippen LogP contribution in [0.2, 0.25) is 0 Å². The smallest absolute Gasteiger partial charge is 0.151 e. The summed E-state index contributed by atoms with van der Waals surface area (Å²) in [5.74, 6) is 0.995. The Hall–Kier alpha value is -1.68. The standard InChI is InChI=1S/C15H16N2OS/c1-10-7-12(9-18)8-16-15(10)17-5-3-14-13(11(17)2)4-6-19-14/h4,6-9,11H,3,5H2,1-2H3. The van der Waals surface area contributed by atoms with Gasteiger partial charge in [-0.3, -0.25) is 4.79 Å². The number of hydrogen-bond donors (Lipinski definition) is 0. The van der Waals surface area contributed by atoms with Gasteiger partial charge in [-0.15, -0.1) is 11.3 Å². The molecule has 2 aromatic rings. The highest BCUT2D eigenvalue weighted by molar-refractivity contribution is 7.10. The maximum atomic E-state index is 10.8. The Bertz CT molecular complexity index is 620. The maximum Gasteiger partial charge on any atom is 0.151 e. The molecule has 98 valence electrons. The van der Waals surface area contributed by atoms with E-state index in [1.165, 1.54) is 10.4 Å². The molecule has 0 N–H and O–H groups in total. The van der Waals surface area contributed by atoms with Crippen LogP contribution < -0.4 is 4.90 Å². The minimum atomic E-state index is 0.350. The lowest BCUT2D eigenvalue weighted by molar-refractivity contribution is 0.112. The summed E-state index contributed by atoms with van der Waals surface area (Å²) in [6.07, 6.45) is 3.58. The molecule has 2 aromatic heterocycles. The molecule has 3 heterocycles. The monoisotopic (exact) mass is 272 g/mol. The second kappa shape index (κ2) is 4.78. The van der Waals surface area contributed by atoms with E-state index in [-0.39, 0.29) is 0 Å². The van der Waals surface area contributed by atoms with Crippen LogP contribution in [0.4, 0.5) is 5.82 Å². The van der Waals surface area contributed by atoms with Crippen LogP contribution in [0.15, 0.2) is 23.7 Å². The number of carbonyl (C=O) groups is 1. The Morgan fingerprint density at radius 2 is 2.37 bits per heavy atom. The number of carbonyl (C=O) groups excluding carboxylic acids is 1. The molecule has 0 amide bonds. The number of anilines is 1. The summed E-state index contributed by atoms with van der Waals surface area (Å²) in [5.41, 5.74) is 3.12. The summed E-state index contributed by atoms with van der Waals surface area (Å²) in [5, 5.41) is 2.17. The van der Waals surface area contributed by atoms with Crippen molar-refractivity contribution in [2.24, 2.45) is 0 Å². The first-order valence-electron chi connectivity index (χ1n) is 6.45. The quantitative estimate of drug-likeness (QED) is 0.786. The third kappa shape index (κ3) is 2.06. The van der Waals surface area contributed by atoms with Gasteiger partial charge in [0.15, 0.2) is 6.29 Å². The number of thiophene rings is 1. The maximum absolute atomic E-state index is 10.8. The van der Waals surface area contributed by atoms with Crippen molar-refractivity contribution in [1.29, 1.82) is 0 Å². The summed E-state index contributed by atoms with van der Waals surface area (Å²) in [6.45, 7) is 5.23. The number of aldehydes is 1. The van der Waals surface area contributed by atoms with Crippen LogP contribution in [0, 0.1) is 6.92 Å². The molecule has 0 aliphatic carbocycles. The zero-order chi connectivity index (χ0) is 13.4. The lowest BCUT2D eigenvalue weighted by atomic mass is 10.0. The molecule has 1 unspecified atom stereocenters. The first-order valence-corrected chi connectivity index (χ1v) is 7.33. The van der Waals surface area contributed by atoms with Crippen molar-refractivity contribution >= 4 is 23.4 Å². The van der Waals surface area contributed by atoms with E-state index in [0.29, 0.717) is 11.6 Å². The average Bonchev–Trinajstić information content (AvgIpc) is 2.89. The molecule has 0 radical (unpaired) electrons. The summed E-state index contributed by atoms with van der Waals surface area (Å²) in [4.78, 5) is 19.1. The Morgan fingerprint density at radius 3 is 3.11 bits per heavy atom. The SMILES string of the molecule is Cc1cc(C=O)cnc1N1CCc2sccc2C1C. The number of nitrogens with zero attached hydrogens (tertiary/aromatic N) is 2. The highest BCUT2D eigenvalue weighted by Gasteiger charge is 2.26. The van der Waals surface area contributed by atoms with Gasteiger partial charge in [-0.05, 0) is 48.9 Å². The zero-order valence-corrected chi connectivity index (χ0v) is 11.9.